The summed E-state index contributed by atoms with van der Waals surface area (Å²) in [5, 5.41) is 2.56. The minimum Gasteiger partial charge on any atom is -0.0622 e. The van der Waals surface area contributed by atoms with E-state index >= 15 is 0 Å². The Morgan fingerprint density at radius 3 is 1.61 bits per heavy atom. The van der Waals surface area contributed by atoms with Gasteiger partial charge in [0.25, 0.3) is 0 Å². The first-order valence-corrected chi connectivity index (χ1v) is 11.0. The van der Waals surface area contributed by atoms with E-state index in [1.807, 2.05) is 0 Å². The summed E-state index contributed by atoms with van der Waals surface area (Å²) in [7, 11) is 0. The highest BCUT2D eigenvalue weighted by Gasteiger charge is 2.10. The van der Waals surface area contributed by atoms with E-state index in [-0.39, 0.29) is 0 Å². The van der Waals surface area contributed by atoms with E-state index in [9.17, 15) is 0 Å². The van der Waals surface area contributed by atoms with Crippen LogP contribution in [0.5, 0.6) is 0 Å². The smallest absolute Gasteiger partial charge is 0.00992 e. The van der Waals surface area contributed by atoms with Gasteiger partial charge in [-0.15, -0.1) is 0 Å². The largest absolute Gasteiger partial charge is 0.0622 e. The molecule has 5 aromatic carbocycles. The highest BCUT2D eigenvalue weighted by molar-refractivity contribution is 6.01. The van der Waals surface area contributed by atoms with Crippen molar-refractivity contribution in [2.45, 2.75) is 19.8 Å². The molecule has 5 aromatic rings. The number of fused-ring (bicyclic) bond motifs is 1. The van der Waals surface area contributed by atoms with E-state index < -0.39 is 0 Å². The highest BCUT2D eigenvalue weighted by Crippen LogP contribution is 2.36. The van der Waals surface area contributed by atoms with Crippen molar-refractivity contribution in [1.29, 1.82) is 0 Å². The van der Waals surface area contributed by atoms with E-state index in [0.29, 0.717) is 5.92 Å². The molecule has 0 N–H and O–H groups in total. The van der Waals surface area contributed by atoms with E-state index in [2.05, 4.69) is 129 Å². The van der Waals surface area contributed by atoms with Gasteiger partial charge < -0.3 is 0 Å². The first-order valence-electron chi connectivity index (χ1n) is 11.0. The van der Waals surface area contributed by atoms with Crippen molar-refractivity contribution in [3.8, 4) is 33.4 Å². The fourth-order valence-electron chi connectivity index (χ4n) is 4.26. The molecule has 0 radical (unpaired) electrons. The van der Waals surface area contributed by atoms with Gasteiger partial charge in [0.1, 0.15) is 0 Å². The molecule has 0 fully saturated rings. The Kier molecular flexibility index (Phi) is 5.14. The fourth-order valence-corrected chi connectivity index (χ4v) is 4.26. The molecule has 150 valence electrons. The maximum absolute atomic E-state index is 2.34. The maximum Gasteiger partial charge on any atom is -0.00992 e. The van der Waals surface area contributed by atoms with Crippen LogP contribution >= 0.6 is 0 Å². The van der Waals surface area contributed by atoms with Crippen molar-refractivity contribution in [1.82, 2.24) is 0 Å². The second kappa shape index (κ2) is 8.24. The van der Waals surface area contributed by atoms with Crippen LogP contribution in [0.3, 0.4) is 0 Å². The molecular weight excluding hydrogens is 372 g/mol. The lowest BCUT2D eigenvalue weighted by Gasteiger charge is -2.14. The van der Waals surface area contributed by atoms with E-state index in [0.717, 1.165) is 0 Å². The Bertz CT molecular complexity index is 1310. The molecule has 0 unspecified atom stereocenters. The van der Waals surface area contributed by atoms with Crippen LogP contribution in [0.4, 0.5) is 0 Å². The van der Waals surface area contributed by atoms with Gasteiger partial charge in [-0.3, -0.25) is 0 Å². The highest BCUT2D eigenvalue weighted by atomic mass is 14.1. The predicted octanol–water partition coefficient (Wildman–Crippen LogP) is 8.96. The van der Waals surface area contributed by atoms with Crippen LogP contribution in [0.2, 0.25) is 0 Å². The van der Waals surface area contributed by atoms with Gasteiger partial charge in [-0.1, -0.05) is 111 Å². The molecule has 0 bridgehead atoms. The summed E-state index contributed by atoms with van der Waals surface area (Å²) in [5.74, 6) is 0.537. The molecule has 0 aliphatic heterocycles. The predicted molar refractivity (Wildman–Crippen MR) is 134 cm³/mol. The van der Waals surface area contributed by atoms with Crippen LogP contribution in [-0.4, -0.2) is 0 Å². The number of hydrogen-bond donors (Lipinski definition) is 0. The third-order valence-corrected chi connectivity index (χ3v) is 6.06. The van der Waals surface area contributed by atoms with Gasteiger partial charge in [0.15, 0.2) is 0 Å². The second-order valence-electron chi connectivity index (χ2n) is 8.47. The summed E-state index contributed by atoms with van der Waals surface area (Å²) in [4.78, 5) is 0. The molecule has 0 saturated heterocycles. The Morgan fingerprint density at radius 1 is 0.452 bits per heavy atom. The van der Waals surface area contributed by atoms with Gasteiger partial charge in [0.05, 0.1) is 0 Å². The van der Waals surface area contributed by atoms with E-state index in [1.54, 1.807) is 0 Å². The summed E-state index contributed by atoms with van der Waals surface area (Å²) in [6.45, 7) is 4.48. The van der Waals surface area contributed by atoms with Crippen molar-refractivity contribution >= 4 is 10.8 Å². The standard InChI is InChI=1S/C31H26/c1-22(2)23-13-15-26(16-14-23)31-21-28(25-11-7-4-8-12-25)20-29-19-27(17-18-30(29)31)24-9-5-3-6-10-24/h3-22H,1-2H3. The normalized spacial score (nSPS) is 11.2. The van der Waals surface area contributed by atoms with Crippen molar-refractivity contribution in [2.75, 3.05) is 0 Å². The molecule has 0 nitrogen and oxygen atoms in total. The molecule has 0 aliphatic carbocycles. The minimum absolute atomic E-state index is 0.537. The Hall–Kier alpha value is -3.64. The van der Waals surface area contributed by atoms with Gasteiger partial charge in [0.2, 0.25) is 0 Å². The van der Waals surface area contributed by atoms with Gasteiger partial charge in [0, 0.05) is 0 Å². The van der Waals surface area contributed by atoms with Gasteiger partial charge in [-0.05, 0) is 73.8 Å². The van der Waals surface area contributed by atoms with Crippen molar-refractivity contribution in [3.63, 3.8) is 0 Å². The van der Waals surface area contributed by atoms with Crippen LogP contribution in [0.1, 0.15) is 25.3 Å². The van der Waals surface area contributed by atoms with E-state index in [1.165, 1.54) is 49.7 Å². The lowest BCUT2D eigenvalue weighted by Crippen LogP contribution is -1.89. The topological polar surface area (TPSA) is 0 Å². The average Bonchev–Trinajstić information content (AvgIpc) is 2.84. The molecule has 0 heteroatoms. The summed E-state index contributed by atoms with van der Waals surface area (Å²) in [6, 6.07) is 41.8. The summed E-state index contributed by atoms with van der Waals surface area (Å²) < 4.78 is 0. The van der Waals surface area contributed by atoms with Crippen LogP contribution < -0.4 is 0 Å². The molecule has 0 spiro atoms. The van der Waals surface area contributed by atoms with Gasteiger partial charge in [-0.2, -0.15) is 0 Å². The first-order chi connectivity index (χ1) is 15.2. The van der Waals surface area contributed by atoms with Gasteiger partial charge in [-0.25, -0.2) is 0 Å². The molecular formula is C31H26. The molecule has 0 amide bonds. The van der Waals surface area contributed by atoms with Crippen molar-refractivity contribution in [3.05, 3.63) is 121 Å². The fraction of sp³-hybridized carbons (Fsp3) is 0.0968. The number of rotatable bonds is 4. The first kappa shape index (κ1) is 19.3. The lowest BCUT2D eigenvalue weighted by atomic mass is 9.90. The summed E-state index contributed by atoms with van der Waals surface area (Å²) in [6.07, 6.45) is 0. The third kappa shape index (κ3) is 3.90. The average molecular weight is 399 g/mol. The summed E-state index contributed by atoms with van der Waals surface area (Å²) >= 11 is 0. The zero-order chi connectivity index (χ0) is 21.2. The van der Waals surface area contributed by atoms with Crippen LogP contribution in [0.25, 0.3) is 44.2 Å². The lowest BCUT2D eigenvalue weighted by molar-refractivity contribution is 0.867. The molecule has 0 aromatic heterocycles. The zero-order valence-electron chi connectivity index (χ0n) is 18.0. The summed E-state index contributed by atoms with van der Waals surface area (Å²) in [5.41, 5.74) is 8.91. The van der Waals surface area contributed by atoms with Crippen molar-refractivity contribution in [2.24, 2.45) is 0 Å². The van der Waals surface area contributed by atoms with Crippen molar-refractivity contribution < 1.29 is 0 Å². The molecule has 0 aliphatic rings. The monoisotopic (exact) mass is 398 g/mol. The molecule has 0 saturated carbocycles. The maximum atomic E-state index is 2.34. The SMILES string of the molecule is CC(C)c1ccc(-c2cc(-c3ccccc3)cc3cc(-c4ccccc4)ccc23)cc1. The van der Waals surface area contributed by atoms with Gasteiger partial charge >= 0.3 is 0 Å². The number of benzene rings is 5. The minimum atomic E-state index is 0.537. The number of hydrogen-bond acceptors (Lipinski definition) is 0. The quantitative estimate of drug-likeness (QED) is 0.283. The molecule has 0 atom stereocenters. The van der Waals surface area contributed by atoms with Crippen LogP contribution in [-0.2, 0) is 0 Å². The zero-order valence-corrected chi connectivity index (χ0v) is 18.0. The molecule has 0 heterocycles. The molecule has 5 rings (SSSR count). The Labute approximate surface area is 184 Å². The van der Waals surface area contributed by atoms with Crippen LogP contribution in [0.15, 0.2) is 115 Å². The third-order valence-electron chi connectivity index (χ3n) is 6.06. The van der Waals surface area contributed by atoms with E-state index in [4.69, 9.17) is 0 Å². The Balaban J connectivity index is 1.72. The molecule has 31 heavy (non-hydrogen) atoms. The second-order valence-corrected chi connectivity index (χ2v) is 8.47. The van der Waals surface area contributed by atoms with Crippen LogP contribution in [0, 0.1) is 0 Å². The Morgan fingerprint density at radius 2 is 1.00 bits per heavy atom.